The van der Waals surface area contributed by atoms with Crippen LogP contribution in [0.4, 0.5) is 0 Å². The molecule has 0 spiro atoms. The van der Waals surface area contributed by atoms with Crippen molar-refractivity contribution in [2.24, 2.45) is 5.92 Å². The Kier molecular flexibility index (Phi) is 4.33. The highest BCUT2D eigenvalue weighted by Gasteiger charge is 2.22. The highest BCUT2D eigenvalue weighted by atomic mass is 16.5. The van der Waals surface area contributed by atoms with E-state index in [0.717, 1.165) is 25.1 Å². The van der Waals surface area contributed by atoms with Crippen molar-refractivity contribution in [3.8, 4) is 0 Å². The molecule has 1 saturated carbocycles. The van der Waals surface area contributed by atoms with Gasteiger partial charge in [0.2, 0.25) is 0 Å². The minimum Gasteiger partial charge on any atom is -0.464 e. The largest absolute Gasteiger partial charge is 0.464 e. The predicted molar refractivity (Wildman–Crippen MR) is 67.3 cm³/mol. The van der Waals surface area contributed by atoms with Gasteiger partial charge in [-0.1, -0.05) is 31.4 Å². The van der Waals surface area contributed by atoms with Crippen molar-refractivity contribution >= 4 is 5.97 Å². The lowest BCUT2D eigenvalue weighted by Crippen LogP contribution is -2.14. The third kappa shape index (κ3) is 2.71. The van der Waals surface area contributed by atoms with E-state index >= 15 is 0 Å². The zero-order chi connectivity index (χ0) is 13.0. The van der Waals surface area contributed by atoms with Gasteiger partial charge in [0.15, 0.2) is 5.69 Å². The van der Waals surface area contributed by atoms with Gasteiger partial charge in [-0.25, -0.2) is 9.48 Å². The van der Waals surface area contributed by atoms with Crippen LogP contribution in [0.3, 0.4) is 0 Å². The van der Waals surface area contributed by atoms with Crippen LogP contribution in [0.25, 0.3) is 0 Å². The Labute approximate surface area is 108 Å². The summed E-state index contributed by atoms with van der Waals surface area (Å²) in [5.74, 6) is 0.309. The molecule has 5 nitrogen and oxygen atoms in total. The molecule has 0 aromatic carbocycles. The number of esters is 1. The maximum Gasteiger partial charge on any atom is 0.360 e. The molecule has 1 fully saturated rings. The first-order valence-electron chi connectivity index (χ1n) is 6.77. The average Bonchev–Trinajstić information content (AvgIpc) is 3.01. The number of aromatic nitrogens is 3. The molecule has 0 saturated heterocycles. The molecule has 5 heteroatoms. The summed E-state index contributed by atoms with van der Waals surface area (Å²) in [6, 6.07) is 0. The van der Waals surface area contributed by atoms with Crippen molar-refractivity contribution in [3.05, 3.63) is 11.4 Å². The second kappa shape index (κ2) is 5.98. The summed E-state index contributed by atoms with van der Waals surface area (Å²) < 4.78 is 6.66. The number of methoxy groups -OCH3 is 1. The Morgan fingerprint density at radius 2 is 2.17 bits per heavy atom. The van der Waals surface area contributed by atoms with E-state index in [1.165, 1.54) is 32.8 Å². The van der Waals surface area contributed by atoms with Crippen LogP contribution in [0.1, 0.15) is 55.2 Å². The smallest absolute Gasteiger partial charge is 0.360 e. The monoisotopic (exact) mass is 251 g/mol. The fraction of sp³-hybridized carbons (Fsp3) is 0.769. The number of carbonyl (C=O) groups excluding carboxylic acids is 1. The predicted octanol–water partition coefficient (Wildman–Crippen LogP) is 2.21. The fourth-order valence-electron chi connectivity index (χ4n) is 2.66. The molecule has 2 rings (SSSR count). The third-order valence-electron chi connectivity index (χ3n) is 3.61. The summed E-state index contributed by atoms with van der Waals surface area (Å²) in [5, 5.41) is 8.12. The maximum atomic E-state index is 11.6. The Balaban J connectivity index is 2.17. The summed E-state index contributed by atoms with van der Waals surface area (Å²) in [4.78, 5) is 11.6. The molecule has 1 aliphatic rings. The van der Waals surface area contributed by atoms with Gasteiger partial charge in [0.05, 0.1) is 12.8 Å². The molecule has 0 bridgehead atoms. The van der Waals surface area contributed by atoms with E-state index < -0.39 is 0 Å². The van der Waals surface area contributed by atoms with Crippen molar-refractivity contribution < 1.29 is 9.53 Å². The minimum absolute atomic E-state index is 0.379. The lowest BCUT2D eigenvalue weighted by Gasteiger charge is -2.11. The van der Waals surface area contributed by atoms with Crippen molar-refractivity contribution in [2.75, 3.05) is 7.11 Å². The van der Waals surface area contributed by atoms with Crippen molar-refractivity contribution in [1.29, 1.82) is 0 Å². The molecule has 0 radical (unpaired) electrons. The normalized spacial score (nSPS) is 16.1. The van der Waals surface area contributed by atoms with Crippen LogP contribution in [0, 0.1) is 5.92 Å². The third-order valence-corrected chi connectivity index (χ3v) is 3.61. The lowest BCUT2D eigenvalue weighted by molar-refractivity contribution is 0.0592. The van der Waals surface area contributed by atoms with E-state index in [1.54, 1.807) is 0 Å². The van der Waals surface area contributed by atoms with Gasteiger partial charge in [-0.05, 0) is 25.2 Å². The summed E-state index contributed by atoms with van der Waals surface area (Å²) >= 11 is 0. The number of ether oxygens (including phenoxy) is 1. The van der Waals surface area contributed by atoms with Gasteiger partial charge in [0, 0.05) is 6.54 Å². The molecule has 100 valence electrons. The molecule has 1 aromatic heterocycles. The van der Waals surface area contributed by atoms with E-state index in [0.29, 0.717) is 11.6 Å². The lowest BCUT2D eigenvalue weighted by atomic mass is 10.1. The SMILES string of the molecule is CCCc1c(C(=O)OC)nnn1CC1CCCC1. The Morgan fingerprint density at radius 1 is 1.44 bits per heavy atom. The quantitative estimate of drug-likeness (QED) is 0.753. The molecule has 18 heavy (non-hydrogen) atoms. The van der Waals surface area contributed by atoms with Crippen LogP contribution >= 0.6 is 0 Å². The molecule has 0 unspecified atom stereocenters. The van der Waals surface area contributed by atoms with E-state index in [4.69, 9.17) is 4.74 Å². The number of hydrogen-bond acceptors (Lipinski definition) is 4. The van der Waals surface area contributed by atoms with E-state index in [-0.39, 0.29) is 5.97 Å². The summed E-state index contributed by atoms with van der Waals surface area (Å²) in [6.45, 7) is 2.98. The van der Waals surface area contributed by atoms with Crippen molar-refractivity contribution in [1.82, 2.24) is 15.0 Å². The van der Waals surface area contributed by atoms with Crippen LogP contribution < -0.4 is 0 Å². The average molecular weight is 251 g/mol. The standard InChI is InChI=1S/C13H21N3O2/c1-3-6-11-12(13(17)18-2)14-15-16(11)9-10-7-4-5-8-10/h10H,3-9H2,1-2H3. The molecule has 1 aromatic rings. The van der Waals surface area contributed by atoms with Crippen LogP contribution in [-0.2, 0) is 17.7 Å². The Morgan fingerprint density at radius 3 is 2.78 bits per heavy atom. The Hall–Kier alpha value is -1.39. The van der Waals surface area contributed by atoms with Crippen LogP contribution in [0.15, 0.2) is 0 Å². The van der Waals surface area contributed by atoms with E-state index in [2.05, 4.69) is 17.2 Å². The summed E-state index contributed by atoms with van der Waals surface area (Å²) in [7, 11) is 1.38. The van der Waals surface area contributed by atoms with E-state index in [9.17, 15) is 4.79 Å². The molecular weight excluding hydrogens is 230 g/mol. The molecule has 1 aliphatic carbocycles. The molecular formula is C13H21N3O2. The number of carbonyl (C=O) groups is 1. The van der Waals surface area contributed by atoms with Gasteiger partial charge in [0.1, 0.15) is 0 Å². The van der Waals surface area contributed by atoms with Gasteiger partial charge in [-0.2, -0.15) is 0 Å². The molecule has 0 atom stereocenters. The highest BCUT2D eigenvalue weighted by molar-refractivity contribution is 5.88. The second-order valence-corrected chi connectivity index (χ2v) is 4.96. The van der Waals surface area contributed by atoms with Gasteiger partial charge in [0.25, 0.3) is 0 Å². The first kappa shape index (κ1) is 13.1. The van der Waals surface area contributed by atoms with Gasteiger partial charge < -0.3 is 4.74 Å². The molecule has 0 amide bonds. The van der Waals surface area contributed by atoms with E-state index in [1.807, 2.05) is 4.68 Å². The number of hydrogen-bond donors (Lipinski definition) is 0. The Bertz CT molecular complexity index is 408. The van der Waals surface area contributed by atoms with Crippen LogP contribution in [-0.4, -0.2) is 28.1 Å². The molecule has 1 heterocycles. The van der Waals surface area contributed by atoms with Crippen molar-refractivity contribution in [3.63, 3.8) is 0 Å². The first-order chi connectivity index (χ1) is 8.76. The minimum atomic E-state index is -0.379. The first-order valence-corrected chi connectivity index (χ1v) is 6.77. The zero-order valence-corrected chi connectivity index (χ0v) is 11.2. The second-order valence-electron chi connectivity index (χ2n) is 4.96. The van der Waals surface area contributed by atoms with Crippen LogP contribution in [0.5, 0.6) is 0 Å². The van der Waals surface area contributed by atoms with Gasteiger partial charge in [-0.3, -0.25) is 0 Å². The summed E-state index contributed by atoms with van der Waals surface area (Å²) in [5.41, 5.74) is 1.31. The fourth-order valence-corrected chi connectivity index (χ4v) is 2.66. The zero-order valence-electron chi connectivity index (χ0n) is 11.2. The maximum absolute atomic E-state index is 11.6. The molecule has 0 aliphatic heterocycles. The van der Waals surface area contributed by atoms with Gasteiger partial charge in [-0.15, -0.1) is 5.10 Å². The van der Waals surface area contributed by atoms with Gasteiger partial charge >= 0.3 is 5.97 Å². The van der Waals surface area contributed by atoms with Crippen LogP contribution in [0.2, 0.25) is 0 Å². The number of rotatable bonds is 5. The molecule has 0 N–H and O–H groups in total. The highest BCUT2D eigenvalue weighted by Crippen LogP contribution is 2.26. The topological polar surface area (TPSA) is 57.0 Å². The summed E-state index contributed by atoms with van der Waals surface area (Å²) in [6.07, 6.45) is 6.95. The number of nitrogens with zero attached hydrogens (tertiary/aromatic N) is 3. The van der Waals surface area contributed by atoms with Crippen molar-refractivity contribution in [2.45, 2.75) is 52.0 Å².